The predicted octanol–water partition coefficient (Wildman–Crippen LogP) is 2.72. The molecule has 0 atom stereocenters. The molecule has 0 radical (unpaired) electrons. The van der Waals surface area contributed by atoms with Gasteiger partial charge in [-0.15, -0.1) is 0 Å². The van der Waals surface area contributed by atoms with E-state index in [2.05, 4.69) is 44.2 Å². The van der Waals surface area contributed by atoms with Gasteiger partial charge in [0.1, 0.15) is 5.82 Å². The second kappa shape index (κ2) is 3.95. The van der Waals surface area contributed by atoms with Crippen molar-refractivity contribution >= 4 is 0 Å². The van der Waals surface area contributed by atoms with Gasteiger partial charge in [0.15, 0.2) is 0 Å². The minimum Gasteiger partial charge on any atom is -0.332 e. The average molecular weight is 180 g/mol. The molecule has 0 aliphatic carbocycles. The zero-order chi connectivity index (χ0) is 10.0. The second-order valence-electron chi connectivity index (χ2n) is 4.03. The third-order valence-electron chi connectivity index (χ3n) is 2.38. The van der Waals surface area contributed by atoms with Crippen LogP contribution in [0, 0.1) is 19.8 Å². The molecule has 0 aromatic carbocycles. The molecule has 0 bridgehead atoms. The summed E-state index contributed by atoms with van der Waals surface area (Å²) in [4.78, 5) is 4.50. The molecule has 2 nitrogen and oxygen atoms in total. The van der Waals surface area contributed by atoms with E-state index in [0.29, 0.717) is 5.92 Å². The van der Waals surface area contributed by atoms with E-state index in [1.54, 1.807) is 0 Å². The molecule has 0 unspecified atom stereocenters. The van der Waals surface area contributed by atoms with Crippen molar-refractivity contribution in [3.05, 3.63) is 17.2 Å². The summed E-state index contributed by atoms with van der Waals surface area (Å²) in [5.41, 5.74) is 2.61. The van der Waals surface area contributed by atoms with Crippen molar-refractivity contribution < 1.29 is 0 Å². The lowest BCUT2D eigenvalue weighted by Crippen LogP contribution is -2.06. The highest BCUT2D eigenvalue weighted by Crippen LogP contribution is 2.15. The molecule has 1 aromatic rings. The van der Waals surface area contributed by atoms with Gasteiger partial charge in [-0.1, -0.05) is 13.8 Å². The van der Waals surface area contributed by atoms with Crippen LogP contribution in [0.4, 0.5) is 0 Å². The predicted molar refractivity (Wildman–Crippen MR) is 55.9 cm³/mol. The molecule has 1 aromatic heterocycles. The van der Waals surface area contributed by atoms with Gasteiger partial charge >= 0.3 is 0 Å². The molecule has 0 N–H and O–H groups in total. The molecule has 1 heterocycles. The van der Waals surface area contributed by atoms with Crippen LogP contribution in [0.3, 0.4) is 0 Å². The summed E-state index contributed by atoms with van der Waals surface area (Å²) >= 11 is 0. The van der Waals surface area contributed by atoms with Crippen LogP contribution in [0.5, 0.6) is 0 Å². The van der Waals surface area contributed by atoms with Gasteiger partial charge in [-0.25, -0.2) is 4.98 Å². The number of rotatable bonds is 3. The minimum absolute atomic E-state index is 0.708. The maximum atomic E-state index is 4.50. The normalized spacial score (nSPS) is 11.2. The van der Waals surface area contributed by atoms with Crippen molar-refractivity contribution in [1.29, 1.82) is 0 Å². The maximum absolute atomic E-state index is 4.50. The van der Waals surface area contributed by atoms with Gasteiger partial charge in [-0.05, 0) is 33.1 Å². The smallest absolute Gasteiger partial charge is 0.106 e. The Bertz CT molecular complexity index is 285. The number of aryl methyl sites for hydroxylation is 2. The first kappa shape index (κ1) is 10.3. The van der Waals surface area contributed by atoms with Gasteiger partial charge in [-0.2, -0.15) is 0 Å². The number of hydrogen-bond donors (Lipinski definition) is 0. The van der Waals surface area contributed by atoms with Crippen molar-refractivity contribution in [3.8, 4) is 0 Å². The summed E-state index contributed by atoms with van der Waals surface area (Å²) < 4.78 is 2.31. The van der Waals surface area contributed by atoms with Crippen molar-refractivity contribution in [2.45, 2.75) is 47.6 Å². The van der Waals surface area contributed by atoms with Gasteiger partial charge in [0.05, 0.1) is 5.69 Å². The lowest BCUT2D eigenvalue weighted by atomic mass is 10.1. The molecule has 0 amide bonds. The van der Waals surface area contributed by atoms with Gasteiger partial charge in [0, 0.05) is 12.2 Å². The molecule has 0 saturated carbocycles. The molecule has 74 valence electrons. The van der Waals surface area contributed by atoms with Crippen LogP contribution < -0.4 is 0 Å². The van der Waals surface area contributed by atoms with Gasteiger partial charge in [0.25, 0.3) is 0 Å². The first-order valence-corrected chi connectivity index (χ1v) is 5.08. The zero-order valence-electron chi connectivity index (χ0n) is 9.39. The topological polar surface area (TPSA) is 17.8 Å². The zero-order valence-corrected chi connectivity index (χ0v) is 9.39. The molecule has 0 spiro atoms. The lowest BCUT2D eigenvalue weighted by Gasteiger charge is -2.10. The highest BCUT2D eigenvalue weighted by molar-refractivity contribution is 5.15. The van der Waals surface area contributed by atoms with E-state index < -0.39 is 0 Å². The Balaban J connectivity index is 3.02. The Morgan fingerprint density at radius 2 is 1.92 bits per heavy atom. The van der Waals surface area contributed by atoms with Crippen LogP contribution in [0.1, 0.15) is 38.0 Å². The fraction of sp³-hybridized carbons (Fsp3) is 0.727. The van der Waals surface area contributed by atoms with Crippen LogP contribution in [-0.4, -0.2) is 9.55 Å². The molecule has 0 fully saturated rings. The third kappa shape index (κ3) is 2.11. The highest BCUT2D eigenvalue weighted by atomic mass is 15.1. The summed E-state index contributed by atoms with van der Waals surface area (Å²) in [7, 11) is 0. The fourth-order valence-electron chi connectivity index (χ4n) is 1.82. The van der Waals surface area contributed by atoms with Crippen LogP contribution in [-0.2, 0) is 13.0 Å². The monoisotopic (exact) mass is 180 g/mol. The molecule has 2 heteroatoms. The first-order chi connectivity index (χ1) is 6.06. The van der Waals surface area contributed by atoms with E-state index >= 15 is 0 Å². The van der Waals surface area contributed by atoms with Crippen LogP contribution in [0.15, 0.2) is 0 Å². The van der Waals surface area contributed by atoms with Gasteiger partial charge < -0.3 is 4.57 Å². The molecule has 1 rings (SSSR count). The first-order valence-electron chi connectivity index (χ1n) is 5.08. The van der Waals surface area contributed by atoms with Gasteiger partial charge in [0.2, 0.25) is 0 Å². The van der Waals surface area contributed by atoms with Gasteiger partial charge in [-0.3, -0.25) is 0 Å². The Kier molecular flexibility index (Phi) is 3.12. The summed E-state index contributed by atoms with van der Waals surface area (Å²) in [6.45, 7) is 11.9. The molecular weight excluding hydrogens is 160 g/mol. The van der Waals surface area contributed by atoms with Crippen LogP contribution >= 0.6 is 0 Å². The van der Waals surface area contributed by atoms with Crippen molar-refractivity contribution in [2.24, 2.45) is 5.92 Å². The van der Waals surface area contributed by atoms with E-state index in [1.807, 2.05) is 0 Å². The SMILES string of the molecule is CCn1c(C)nc(C)c1CC(C)C. The summed E-state index contributed by atoms with van der Waals surface area (Å²) in [5, 5.41) is 0. The van der Waals surface area contributed by atoms with E-state index in [-0.39, 0.29) is 0 Å². The van der Waals surface area contributed by atoms with E-state index in [4.69, 9.17) is 0 Å². The average Bonchev–Trinajstić information content (AvgIpc) is 2.26. The molecule has 0 aliphatic rings. The van der Waals surface area contributed by atoms with E-state index in [9.17, 15) is 0 Å². The third-order valence-corrected chi connectivity index (χ3v) is 2.38. The number of hydrogen-bond acceptors (Lipinski definition) is 1. The molecular formula is C11H20N2. The lowest BCUT2D eigenvalue weighted by molar-refractivity contribution is 0.589. The fourth-order valence-corrected chi connectivity index (χ4v) is 1.82. The summed E-state index contributed by atoms with van der Waals surface area (Å²) in [6.07, 6.45) is 1.14. The highest BCUT2D eigenvalue weighted by Gasteiger charge is 2.10. The minimum atomic E-state index is 0.708. The van der Waals surface area contributed by atoms with E-state index in [0.717, 1.165) is 18.8 Å². The molecule has 13 heavy (non-hydrogen) atoms. The number of nitrogens with zero attached hydrogens (tertiary/aromatic N) is 2. The number of imidazole rings is 1. The van der Waals surface area contributed by atoms with E-state index in [1.165, 1.54) is 11.4 Å². The quantitative estimate of drug-likeness (QED) is 0.699. The Morgan fingerprint density at radius 1 is 1.31 bits per heavy atom. The number of aromatic nitrogens is 2. The standard InChI is InChI=1S/C11H20N2/c1-6-13-10(5)12-9(4)11(13)7-8(2)3/h8H,6-7H2,1-5H3. The summed E-state index contributed by atoms with van der Waals surface area (Å²) in [5.74, 6) is 1.86. The van der Waals surface area contributed by atoms with Crippen molar-refractivity contribution in [1.82, 2.24) is 9.55 Å². The Morgan fingerprint density at radius 3 is 2.38 bits per heavy atom. The largest absolute Gasteiger partial charge is 0.332 e. The second-order valence-corrected chi connectivity index (χ2v) is 4.03. The van der Waals surface area contributed by atoms with Crippen LogP contribution in [0.25, 0.3) is 0 Å². The molecule has 0 saturated heterocycles. The Labute approximate surface area is 81.0 Å². The Hall–Kier alpha value is -0.790. The van der Waals surface area contributed by atoms with Crippen LogP contribution in [0.2, 0.25) is 0 Å². The maximum Gasteiger partial charge on any atom is 0.106 e. The van der Waals surface area contributed by atoms with Crippen molar-refractivity contribution in [2.75, 3.05) is 0 Å². The summed E-state index contributed by atoms with van der Waals surface area (Å²) in [6, 6.07) is 0. The molecule has 0 aliphatic heterocycles. The van der Waals surface area contributed by atoms with Crippen molar-refractivity contribution in [3.63, 3.8) is 0 Å².